The third kappa shape index (κ3) is 3.40. The van der Waals surface area contributed by atoms with E-state index < -0.39 is 0 Å². The van der Waals surface area contributed by atoms with Crippen LogP contribution in [0.5, 0.6) is 5.75 Å². The lowest BCUT2D eigenvalue weighted by molar-refractivity contribution is -0.130. The lowest BCUT2D eigenvalue weighted by Crippen LogP contribution is -2.31. The van der Waals surface area contributed by atoms with Gasteiger partial charge in [0.15, 0.2) is 0 Å². The topological polar surface area (TPSA) is 47.4 Å². The van der Waals surface area contributed by atoms with Crippen molar-refractivity contribution in [2.75, 3.05) is 13.1 Å². The minimum Gasteiger partial charge on any atom is -0.484 e. The van der Waals surface area contributed by atoms with Gasteiger partial charge < -0.3 is 14.2 Å². The van der Waals surface area contributed by atoms with Gasteiger partial charge in [-0.1, -0.05) is 35.9 Å². The van der Waals surface area contributed by atoms with Gasteiger partial charge in [0.2, 0.25) is 5.91 Å². The molecule has 2 aromatic carbocycles. The molecule has 2 heterocycles. The van der Waals surface area contributed by atoms with E-state index in [1.807, 2.05) is 51.9 Å². The van der Waals surface area contributed by atoms with Gasteiger partial charge in [0, 0.05) is 13.1 Å². The van der Waals surface area contributed by atoms with Crippen molar-refractivity contribution in [3.63, 3.8) is 0 Å². The monoisotopic (exact) mass is 369 g/mol. The molecule has 0 saturated carbocycles. The SMILES string of the molecule is O=C(Cn1c(COc2ccccc2Cl)nc2ccccc21)N1CCCC1. The van der Waals surface area contributed by atoms with Crippen LogP contribution < -0.4 is 4.74 Å². The molecule has 0 bridgehead atoms. The first kappa shape index (κ1) is 16.9. The Balaban J connectivity index is 1.61. The molecule has 0 atom stereocenters. The molecule has 3 aromatic rings. The van der Waals surface area contributed by atoms with E-state index in [0.717, 1.165) is 42.8 Å². The third-order valence-electron chi connectivity index (χ3n) is 4.68. The largest absolute Gasteiger partial charge is 0.484 e. The molecule has 0 radical (unpaired) electrons. The Morgan fingerprint density at radius 1 is 1.08 bits per heavy atom. The molecular weight excluding hydrogens is 350 g/mol. The molecule has 1 amide bonds. The molecule has 134 valence electrons. The van der Waals surface area contributed by atoms with Crippen LogP contribution in [0, 0.1) is 0 Å². The van der Waals surface area contributed by atoms with Gasteiger partial charge in [-0.3, -0.25) is 4.79 Å². The highest BCUT2D eigenvalue weighted by atomic mass is 35.5. The van der Waals surface area contributed by atoms with Gasteiger partial charge in [-0.05, 0) is 37.1 Å². The zero-order valence-corrected chi connectivity index (χ0v) is 15.2. The summed E-state index contributed by atoms with van der Waals surface area (Å²) in [6.45, 7) is 2.22. The van der Waals surface area contributed by atoms with E-state index in [4.69, 9.17) is 16.3 Å². The number of para-hydroxylation sites is 3. The Hall–Kier alpha value is -2.53. The van der Waals surface area contributed by atoms with Crippen LogP contribution in [0.1, 0.15) is 18.7 Å². The maximum absolute atomic E-state index is 12.7. The molecule has 4 rings (SSSR count). The first-order valence-corrected chi connectivity index (χ1v) is 9.19. The van der Waals surface area contributed by atoms with E-state index in [1.165, 1.54) is 0 Å². The van der Waals surface area contributed by atoms with E-state index in [1.54, 1.807) is 6.07 Å². The van der Waals surface area contributed by atoms with Crippen molar-refractivity contribution >= 4 is 28.5 Å². The maximum atomic E-state index is 12.7. The number of likely N-dealkylation sites (tertiary alicyclic amines) is 1. The van der Waals surface area contributed by atoms with Gasteiger partial charge in [0.25, 0.3) is 0 Å². The number of hydrogen-bond acceptors (Lipinski definition) is 3. The minimum absolute atomic E-state index is 0.129. The average molecular weight is 370 g/mol. The molecule has 0 N–H and O–H groups in total. The molecule has 6 heteroatoms. The zero-order chi connectivity index (χ0) is 17.9. The van der Waals surface area contributed by atoms with E-state index in [0.29, 0.717) is 10.8 Å². The summed E-state index contributed by atoms with van der Waals surface area (Å²) in [5, 5.41) is 0.559. The van der Waals surface area contributed by atoms with Crippen LogP contribution in [0.2, 0.25) is 5.02 Å². The van der Waals surface area contributed by atoms with Gasteiger partial charge in [0.1, 0.15) is 24.7 Å². The number of imidazole rings is 1. The highest BCUT2D eigenvalue weighted by molar-refractivity contribution is 6.32. The van der Waals surface area contributed by atoms with Crippen molar-refractivity contribution in [3.05, 3.63) is 59.4 Å². The molecule has 0 aliphatic carbocycles. The number of fused-ring (bicyclic) bond motifs is 1. The van der Waals surface area contributed by atoms with E-state index in [2.05, 4.69) is 4.98 Å². The van der Waals surface area contributed by atoms with Crippen molar-refractivity contribution < 1.29 is 9.53 Å². The number of rotatable bonds is 5. The van der Waals surface area contributed by atoms with Crippen LogP contribution in [0.25, 0.3) is 11.0 Å². The van der Waals surface area contributed by atoms with Gasteiger partial charge in [-0.15, -0.1) is 0 Å². The number of halogens is 1. The molecule has 1 fully saturated rings. The van der Waals surface area contributed by atoms with Crippen LogP contribution in [0.4, 0.5) is 0 Å². The molecule has 1 saturated heterocycles. The summed E-state index contributed by atoms with van der Waals surface area (Å²) in [5.41, 5.74) is 1.80. The lowest BCUT2D eigenvalue weighted by atomic mass is 10.3. The summed E-state index contributed by atoms with van der Waals surface area (Å²) in [5.74, 6) is 1.46. The summed E-state index contributed by atoms with van der Waals surface area (Å²) >= 11 is 6.17. The highest BCUT2D eigenvalue weighted by Gasteiger charge is 2.21. The summed E-state index contributed by atoms with van der Waals surface area (Å²) in [6.07, 6.45) is 2.16. The predicted molar refractivity (Wildman–Crippen MR) is 101 cm³/mol. The number of carbonyl (C=O) groups is 1. The first-order chi connectivity index (χ1) is 12.7. The Kier molecular flexibility index (Phi) is 4.80. The third-order valence-corrected chi connectivity index (χ3v) is 4.99. The zero-order valence-electron chi connectivity index (χ0n) is 14.4. The molecule has 1 aliphatic rings. The smallest absolute Gasteiger partial charge is 0.242 e. The van der Waals surface area contributed by atoms with Crippen molar-refractivity contribution in [1.29, 1.82) is 0 Å². The molecular formula is C20H20ClN3O2. The summed E-state index contributed by atoms with van der Waals surface area (Å²) in [4.78, 5) is 19.2. The second kappa shape index (κ2) is 7.38. The fraction of sp³-hybridized carbons (Fsp3) is 0.300. The van der Waals surface area contributed by atoms with Crippen molar-refractivity contribution in [1.82, 2.24) is 14.5 Å². The van der Waals surface area contributed by atoms with E-state index in [9.17, 15) is 4.79 Å². The summed E-state index contributed by atoms with van der Waals surface area (Å²) in [6, 6.07) is 15.2. The Bertz CT molecular complexity index is 932. The highest BCUT2D eigenvalue weighted by Crippen LogP contribution is 2.25. The number of benzene rings is 2. The number of ether oxygens (including phenoxy) is 1. The van der Waals surface area contributed by atoms with E-state index >= 15 is 0 Å². The molecule has 5 nitrogen and oxygen atoms in total. The predicted octanol–water partition coefficient (Wildman–Crippen LogP) is 3.89. The maximum Gasteiger partial charge on any atom is 0.242 e. The average Bonchev–Trinajstić information content (AvgIpc) is 3.30. The van der Waals surface area contributed by atoms with E-state index in [-0.39, 0.29) is 19.1 Å². The number of carbonyl (C=O) groups excluding carboxylic acids is 1. The number of aromatic nitrogens is 2. The van der Waals surface area contributed by atoms with Crippen molar-refractivity contribution in [2.45, 2.75) is 26.0 Å². The number of nitrogens with zero attached hydrogens (tertiary/aromatic N) is 3. The number of amides is 1. The number of hydrogen-bond donors (Lipinski definition) is 0. The second-order valence-corrected chi connectivity index (χ2v) is 6.82. The standard InChI is InChI=1S/C20H20ClN3O2/c21-15-7-1-4-10-18(15)26-14-19-22-16-8-2-3-9-17(16)24(19)13-20(25)23-11-5-6-12-23/h1-4,7-10H,5-6,11-14H2. The van der Waals surface area contributed by atoms with Gasteiger partial charge in [-0.25, -0.2) is 4.98 Å². The van der Waals surface area contributed by atoms with Gasteiger partial charge >= 0.3 is 0 Å². The molecule has 1 aromatic heterocycles. The van der Waals surface area contributed by atoms with Crippen LogP contribution in [0.15, 0.2) is 48.5 Å². The molecule has 1 aliphatic heterocycles. The van der Waals surface area contributed by atoms with Crippen LogP contribution in [-0.4, -0.2) is 33.4 Å². The molecule has 0 unspecified atom stereocenters. The van der Waals surface area contributed by atoms with Gasteiger partial charge in [-0.2, -0.15) is 0 Å². The summed E-state index contributed by atoms with van der Waals surface area (Å²) < 4.78 is 7.81. The summed E-state index contributed by atoms with van der Waals surface area (Å²) in [7, 11) is 0. The minimum atomic E-state index is 0.129. The molecule has 0 spiro atoms. The van der Waals surface area contributed by atoms with Crippen molar-refractivity contribution in [2.24, 2.45) is 0 Å². The van der Waals surface area contributed by atoms with Crippen LogP contribution >= 0.6 is 11.6 Å². The Labute approximate surface area is 157 Å². The Morgan fingerprint density at radius 3 is 2.62 bits per heavy atom. The Morgan fingerprint density at radius 2 is 1.81 bits per heavy atom. The van der Waals surface area contributed by atoms with Crippen LogP contribution in [-0.2, 0) is 17.9 Å². The fourth-order valence-corrected chi connectivity index (χ4v) is 3.51. The normalized spacial score (nSPS) is 14.1. The first-order valence-electron chi connectivity index (χ1n) is 8.81. The quantitative estimate of drug-likeness (QED) is 0.685. The van der Waals surface area contributed by atoms with Crippen LogP contribution in [0.3, 0.4) is 0 Å². The van der Waals surface area contributed by atoms with Crippen molar-refractivity contribution in [3.8, 4) is 5.75 Å². The van der Waals surface area contributed by atoms with Gasteiger partial charge in [0.05, 0.1) is 16.1 Å². The fourth-order valence-electron chi connectivity index (χ4n) is 3.32. The molecule has 26 heavy (non-hydrogen) atoms. The second-order valence-electron chi connectivity index (χ2n) is 6.41. The lowest BCUT2D eigenvalue weighted by Gasteiger charge is -2.17.